The summed E-state index contributed by atoms with van der Waals surface area (Å²) in [5.74, 6) is 0. The highest BCUT2D eigenvalue weighted by molar-refractivity contribution is 5.02. The average Bonchev–Trinajstić information content (AvgIpc) is 3.32. The lowest BCUT2D eigenvalue weighted by Gasteiger charge is -2.48. The first-order valence-corrected chi connectivity index (χ1v) is 20.2. The molecule has 0 unspecified atom stereocenters. The summed E-state index contributed by atoms with van der Waals surface area (Å²) in [6.07, 6.45) is 52.2. The summed E-state index contributed by atoms with van der Waals surface area (Å²) in [6.45, 7) is 9.40. The Labute approximate surface area is 262 Å². The second kappa shape index (κ2) is 27.5. The molecule has 1 rings (SSSR count). The van der Waals surface area contributed by atoms with Gasteiger partial charge in [-0.1, -0.05) is 214 Å². The van der Waals surface area contributed by atoms with Crippen molar-refractivity contribution >= 4 is 0 Å². The van der Waals surface area contributed by atoms with E-state index in [4.69, 9.17) is 0 Å². The molecule has 0 aliphatic heterocycles. The van der Waals surface area contributed by atoms with Crippen molar-refractivity contribution in [1.82, 2.24) is 0 Å². The maximum absolute atomic E-state index is 2.35. The van der Waals surface area contributed by atoms with E-state index < -0.39 is 0 Å². The van der Waals surface area contributed by atoms with E-state index in [-0.39, 0.29) is 0 Å². The quantitative estimate of drug-likeness (QED) is 0.0701. The molecule has 41 heavy (non-hydrogen) atoms. The van der Waals surface area contributed by atoms with Gasteiger partial charge in [-0.2, -0.15) is 0 Å². The Morgan fingerprint density at radius 2 is 0.463 bits per heavy atom. The zero-order valence-electron chi connectivity index (χ0n) is 29.7. The fraction of sp³-hybridized carbons (Fsp3) is 1.00. The topological polar surface area (TPSA) is 0 Å². The number of hydrogen-bond donors (Lipinski definition) is 0. The third-order valence-electron chi connectivity index (χ3n) is 11.5. The van der Waals surface area contributed by atoms with Crippen LogP contribution in [0.4, 0.5) is 0 Å². The van der Waals surface area contributed by atoms with Crippen molar-refractivity contribution in [2.45, 2.75) is 252 Å². The Hall–Kier alpha value is 0. The smallest absolute Gasteiger partial charge is 0.0241 e. The van der Waals surface area contributed by atoms with Crippen molar-refractivity contribution in [2.24, 2.45) is 10.8 Å². The van der Waals surface area contributed by atoms with Gasteiger partial charge in [-0.15, -0.1) is 0 Å². The van der Waals surface area contributed by atoms with Gasteiger partial charge in [0, 0.05) is 0 Å². The molecule has 0 aromatic heterocycles. The van der Waals surface area contributed by atoms with E-state index in [1.54, 1.807) is 44.9 Å². The van der Waals surface area contributed by atoms with Gasteiger partial charge in [0.05, 0.1) is 0 Å². The summed E-state index contributed by atoms with van der Waals surface area (Å²) in [4.78, 5) is 0. The van der Waals surface area contributed by atoms with Crippen LogP contribution in [0.1, 0.15) is 252 Å². The number of unbranched alkanes of at least 4 members (excludes halogenated alkanes) is 24. The Morgan fingerprint density at radius 3 is 0.683 bits per heavy atom. The molecule has 0 bridgehead atoms. The highest BCUT2D eigenvalue weighted by Crippen LogP contribution is 2.63. The summed E-state index contributed by atoms with van der Waals surface area (Å²) in [6, 6.07) is 0. The molecule has 0 atom stereocenters. The van der Waals surface area contributed by atoms with Gasteiger partial charge < -0.3 is 0 Å². The fourth-order valence-electron chi connectivity index (χ4n) is 8.79. The van der Waals surface area contributed by atoms with E-state index in [2.05, 4.69) is 27.7 Å². The highest BCUT2D eigenvalue weighted by Gasteiger charge is 2.52. The summed E-state index contributed by atoms with van der Waals surface area (Å²) >= 11 is 0. The second-order valence-corrected chi connectivity index (χ2v) is 14.9. The fourth-order valence-corrected chi connectivity index (χ4v) is 8.79. The van der Waals surface area contributed by atoms with Crippen molar-refractivity contribution in [2.75, 3.05) is 0 Å². The van der Waals surface area contributed by atoms with E-state index in [9.17, 15) is 0 Å². The van der Waals surface area contributed by atoms with Crippen LogP contribution in [0.25, 0.3) is 0 Å². The number of hydrogen-bond acceptors (Lipinski definition) is 0. The first-order valence-electron chi connectivity index (χ1n) is 20.2. The molecule has 0 spiro atoms. The summed E-state index contributed by atoms with van der Waals surface area (Å²) in [7, 11) is 0. The number of rotatable bonds is 32. The molecule has 0 amide bonds. The van der Waals surface area contributed by atoms with Gasteiger partial charge in [0.1, 0.15) is 0 Å². The van der Waals surface area contributed by atoms with E-state index in [0.29, 0.717) is 10.8 Å². The van der Waals surface area contributed by atoms with Gasteiger partial charge in [0.2, 0.25) is 0 Å². The molecule has 0 aromatic carbocycles. The normalized spacial score (nSPS) is 16.1. The van der Waals surface area contributed by atoms with Crippen LogP contribution in [0.5, 0.6) is 0 Å². The monoisotopic (exact) mass is 575 g/mol. The largest absolute Gasteiger partial charge is 0.0654 e. The molecule has 0 N–H and O–H groups in total. The average molecular weight is 575 g/mol. The summed E-state index contributed by atoms with van der Waals surface area (Å²) in [5, 5.41) is 0. The molecule has 0 radical (unpaired) electrons. The minimum absolute atomic E-state index is 0.685. The van der Waals surface area contributed by atoms with Crippen LogP contribution < -0.4 is 0 Å². The zero-order valence-corrected chi connectivity index (χ0v) is 29.7. The summed E-state index contributed by atoms with van der Waals surface area (Å²) in [5.41, 5.74) is 1.37. The predicted octanol–water partition coefficient (Wildman–Crippen LogP) is 15.7. The van der Waals surface area contributed by atoms with Gasteiger partial charge in [0.15, 0.2) is 0 Å². The first kappa shape index (κ1) is 39.0. The van der Waals surface area contributed by atoms with Crippen molar-refractivity contribution in [1.29, 1.82) is 0 Å². The van der Waals surface area contributed by atoms with Crippen LogP contribution in [0.15, 0.2) is 0 Å². The lowest BCUT2D eigenvalue weighted by Crippen LogP contribution is -2.38. The Morgan fingerprint density at radius 1 is 0.268 bits per heavy atom. The molecule has 1 aliphatic carbocycles. The van der Waals surface area contributed by atoms with Gasteiger partial charge in [-0.3, -0.25) is 0 Å². The standard InChI is InChI=1S/C41H82/c1-5-9-13-17-21-25-29-34-40(35-30-26-22-18-14-10-6-2)38-33-39-41(40,36-31-27-23-19-15-11-7-3)37-32-28-24-20-16-12-8-4/h5-39H2,1-4H3. The molecule has 246 valence electrons. The van der Waals surface area contributed by atoms with Crippen LogP contribution in [0.3, 0.4) is 0 Å². The van der Waals surface area contributed by atoms with E-state index in [1.807, 2.05) is 0 Å². The van der Waals surface area contributed by atoms with Crippen LogP contribution in [-0.2, 0) is 0 Å². The third kappa shape index (κ3) is 17.8. The van der Waals surface area contributed by atoms with Crippen molar-refractivity contribution in [3.8, 4) is 0 Å². The van der Waals surface area contributed by atoms with Crippen molar-refractivity contribution in [3.05, 3.63) is 0 Å². The van der Waals surface area contributed by atoms with Crippen LogP contribution >= 0.6 is 0 Å². The van der Waals surface area contributed by atoms with Gasteiger partial charge in [0.25, 0.3) is 0 Å². The highest BCUT2D eigenvalue weighted by atomic mass is 14.6. The molecular weight excluding hydrogens is 492 g/mol. The minimum Gasteiger partial charge on any atom is -0.0654 e. The van der Waals surface area contributed by atoms with E-state index >= 15 is 0 Å². The maximum atomic E-state index is 2.35. The second-order valence-electron chi connectivity index (χ2n) is 14.9. The molecule has 1 fully saturated rings. The molecule has 0 nitrogen and oxygen atoms in total. The van der Waals surface area contributed by atoms with Crippen LogP contribution in [-0.4, -0.2) is 0 Å². The zero-order chi connectivity index (χ0) is 29.7. The van der Waals surface area contributed by atoms with Crippen molar-refractivity contribution < 1.29 is 0 Å². The minimum atomic E-state index is 0.685. The molecule has 0 aromatic rings. The van der Waals surface area contributed by atoms with Crippen LogP contribution in [0.2, 0.25) is 0 Å². The van der Waals surface area contributed by atoms with E-state index in [1.165, 1.54) is 180 Å². The maximum Gasteiger partial charge on any atom is -0.0241 e. The molecular formula is C41H82. The van der Waals surface area contributed by atoms with Gasteiger partial charge in [-0.05, 0) is 49.4 Å². The lowest BCUT2D eigenvalue weighted by molar-refractivity contribution is 0.0208. The molecule has 0 heteroatoms. The molecule has 1 aliphatic rings. The van der Waals surface area contributed by atoms with E-state index in [0.717, 1.165) is 0 Å². The van der Waals surface area contributed by atoms with Gasteiger partial charge >= 0.3 is 0 Å². The van der Waals surface area contributed by atoms with Crippen molar-refractivity contribution in [3.63, 3.8) is 0 Å². The molecule has 0 saturated heterocycles. The molecule has 0 heterocycles. The lowest BCUT2D eigenvalue weighted by atomic mass is 9.57. The summed E-state index contributed by atoms with van der Waals surface area (Å²) < 4.78 is 0. The SMILES string of the molecule is CCCCCCCCCC1(CCCCCCCCC)CCCC1(CCCCCCCCC)CCCCCCCCC. The van der Waals surface area contributed by atoms with Gasteiger partial charge in [-0.25, -0.2) is 0 Å². The van der Waals surface area contributed by atoms with Crippen LogP contribution in [0, 0.1) is 10.8 Å². The Balaban J connectivity index is 2.83. The third-order valence-corrected chi connectivity index (χ3v) is 11.5. The molecule has 1 saturated carbocycles. The first-order chi connectivity index (χ1) is 20.2. The Kier molecular flexibility index (Phi) is 26.2. The Bertz CT molecular complexity index is 436. The predicted molar refractivity (Wildman–Crippen MR) is 189 cm³/mol.